The van der Waals surface area contributed by atoms with E-state index in [4.69, 9.17) is 9.47 Å². The van der Waals surface area contributed by atoms with Gasteiger partial charge in [-0.3, -0.25) is 9.59 Å². The Morgan fingerprint density at radius 1 is 1.04 bits per heavy atom. The fraction of sp³-hybridized carbons (Fsp3) is 0.444. The van der Waals surface area contributed by atoms with Crippen LogP contribution in [-0.2, 0) is 24.5 Å². The van der Waals surface area contributed by atoms with Gasteiger partial charge >= 0.3 is 11.9 Å². The van der Waals surface area contributed by atoms with Gasteiger partial charge in [0.25, 0.3) is 0 Å². The van der Waals surface area contributed by atoms with Crippen molar-refractivity contribution in [1.82, 2.24) is 0 Å². The molecule has 4 rings (SSSR count). The predicted molar refractivity (Wildman–Crippen MR) is 81.0 cm³/mol. The second-order valence-corrected chi connectivity index (χ2v) is 6.32. The quantitative estimate of drug-likeness (QED) is 0.785. The van der Waals surface area contributed by atoms with Gasteiger partial charge in [0.1, 0.15) is 0 Å². The van der Waals surface area contributed by atoms with Crippen molar-refractivity contribution in [2.75, 3.05) is 14.2 Å². The topological polar surface area (TPSA) is 100 Å². The van der Waals surface area contributed by atoms with E-state index in [0.717, 1.165) is 19.8 Å². The number of nitriles is 2. The number of hydrogen-bond acceptors (Lipinski definition) is 6. The molecule has 3 aliphatic carbocycles. The predicted octanol–water partition coefficient (Wildman–Crippen LogP) is 1.71. The Morgan fingerprint density at radius 3 is 2.08 bits per heavy atom. The number of ether oxygens (including phenoxy) is 2. The van der Waals surface area contributed by atoms with Crippen molar-refractivity contribution < 1.29 is 19.1 Å². The van der Waals surface area contributed by atoms with Crippen LogP contribution in [0.5, 0.6) is 0 Å². The van der Waals surface area contributed by atoms with Crippen molar-refractivity contribution in [3.63, 3.8) is 0 Å². The van der Waals surface area contributed by atoms with E-state index in [9.17, 15) is 20.1 Å². The summed E-state index contributed by atoms with van der Waals surface area (Å²) < 4.78 is 9.74. The van der Waals surface area contributed by atoms with Gasteiger partial charge in [-0.2, -0.15) is 10.5 Å². The molecule has 2 atom stereocenters. The lowest BCUT2D eigenvalue weighted by atomic mass is 9.56. The van der Waals surface area contributed by atoms with E-state index in [1.54, 1.807) is 12.1 Å². The first kappa shape index (κ1) is 16.0. The third kappa shape index (κ3) is 1.40. The lowest BCUT2D eigenvalue weighted by Gasteiger charge is -2.43. The molecule has 1 aromatic rings. The number of carbonyl (C=O) groups is 2. The van der Waals surface area contributed by atoms with Crippen molar-refractivity contribution in [1.29, 1.82) is 10.5 Å². The molecule has 0 saturated heterocycles. The molecule has 0 N–H and O–H groups in total. The normalized spacial score (nSPS) is 35.9. The first-order valence-electron chi connectivity index (χ1n) is 7.55. The summed E-state index contributed by atoms with van der Waals surface area (Å²) in [7, 11) is 2.32. The number of benzene rings is 1. The summed E-state index contributed by atoms with van der Waals surface area (Å²) in [5, 5.41) is 19.9. The van der Waals surface area contributed by atoms with E-state index < -0.39 is 34.1 Å². The van der Waals surface area contributed by atoms with Gasteiger partial charge in [-0.15, -0.1) is 0 Å². The molecule has 0 radical (unpaired) electrons. The van der Waals surface area contributed by atoms with Gasteiger partial charge in [0.15, 0.2) is 10.8 Å². The van der Waals surface area contributed by atoms with Crippen LogP contribution in [0.3, 0.4) is 0 Å². The minimum atomic E-state index is -1.93. The summed E-state index contributed by atoms with van der Waals surface area (Å²) in [6.45, 7) is 0. The summed E-state index contributed by atoms with van der Waals surface area (Å²) in [6, 6.07) is 13.1. The highest BCUT2D eigenvalue weighted by molar-refractivity contribution is 5.97. The van der Waals surface area contributed by atoms with Crippen molar-refractivity contribution in [2.45, 2.75) is 18.3 Å². The third-order valence-electron chi connectivity index (χ3n) is 5.78. The zero-order valence-corrected chi connectivity index (χ0v) is 13.4. The molecular weight excluding hydrogens is 308 g/mol. The molecule has 0 spiro atoms. The summed E-state index contributed by atoms with van der Waals surface area (Å²) in [4.78, 5) is 25.3. The van der Waals surface area contributed by atoms with Crippen LogP contribution in [0, 0.1) is 39.4 Å². The molecule has 3 fully saturated rings. The van der Waals surface area contributed by atoms with Gasteiger partial charge in [-0.1, -0.05) is 30.3 Å². The van der Waals surface area contributed by atoms with E-state index in [0.29, 0.717) is 12.8 Å². The van der Waals surface area contributed by atoms with E-state index in [1.807, 2.05) is 30.3 Å². The Balaban J connectivity index is 2.34. The first-order chi connectivity index (χ1) is 11.5. The van der Waals surface area contributed by atoms with E-state index in [2.05, 4.69) is 0 Å². The number of methoxy groups -OCH3 is 2. The maximum Gasteiger partial charge on any atom is 0.329 e. The molecule has 24 heavy (non-hydrogen) atoms. The van der Waals surface area contributed by atoms with Gasteiger partial charge in [0.05, 0.1) is 26.4 Å². The molecule has 0 amide bonds. The minimum absolute atomic E-state index is 0.391. The molecule has 2 bridgehead atoms. The lowest BCUT2D eigenvalue weighted by molar-refractivity contribution is -0.166. The Hall–Kier alpha value is -2.86. The number of esters is 2. The molecule has 0 aromatic heterocycles. The van der Waals surface area contributed by atoms with Gasteiger partial charge in [0, 0.05) is 5.41 Å². The fourth-order valence-corrected chi connectivity index (χ4v) is 4.74. The average molecular weight is 324 g/mol. The molecule has 1 aromatic carbocycles. The van der Waals surface area contributed by atoms with Crippen LogP contribution < -0.4 is 0 Å². The SMILES string of the molecule is COC(=O)[C@@]1(C#N)C2CC(c3ccccc3)(C2)[C@@]1(C#N)C(=O)OC. The second-order valence-electron chi connectivity index (χ2n) is 6.32. The maximum atomic E-state index is 12.8. The standard InChI is InChI=1S/C18H16N2O4/c1-23-14(21)17(10-19)13-8-16(9-13,12-6-4-3-5-7-12)18(17,11-20)15(22)24-2/h3-7,13H,8-9H2,1-2H3/t13?,16?,17-,18-/m1/s1. The van der Waals surface area contributed by atoms with Crippen LogP contribution in [-0.4, -0.2) is 26.2 Å². The lowest BCUT2D eigenvalue weighted by Crippen LogP contribution is -2.54. The van der Waals surface area contributed by atoms with Crippen LogP contribution in [0.1, 0.15) is 18.4 Å². The molecule has 0 heterocycles. The van der Waals surface area contributed by atoms with Crippen LogP contribution >= 0.6 is 0 Å². The maximum absolute atomic E-state index is 12.8. The van der Waals surface area contributed by atoms with E-state index in [1.165, 1.54) is 0 Å². The number of carbonyl (C=O) groups excluding carboxylic acids is 2. The molecule has 0 unspecified atom stereocenters. The second kappa shape index (κ2) is 5.07. The third-order valence-corrected chi connectivity index (χ3v) is 5.78. The van der Waals surface area contributed by atoms with Crippen LogP contribution in [0.4, 0.5) is 0 Å². The first-order valence-corrected chi connectivity index (χ1v) is 7.55. The van der Waals surface area contributed by atoms with Gasteiger partial charge < -0.3 is 9.47 Å². The highest BCUT2D eigenvalue weighted by atomic mass is 16.5. The Morgan fingerprint density at radius 2 is 1.62 bits per heavy atom. The fourth-order valence-electron chi connectivity index (χ4n) is 4.74. The highest BCUT2D eigenvalue weighted by Crippen LogP contribution is 2.77. The molecule has 0 aliphatic heterocycles. The largest absolute Gasteiger partial charge is 0.468 e. The van der Waals surface area contributed by atoms with Gasteiger partial charge in [-0.25, -0.2) is 0 Å². The van der Waals surface area contributed by atoms with Crippen LogP contribution in [0.2, 0.25) is 0 Å². The van der Waals surface area contributed by atoms with Gasteiger partial charge in [0.2, 0.25) is 0 Å². The number of nitrogens with zero attached hydrogens (tertiary/aromatic N) is 2. The Labute approximate surface area is 139 Å². The van der Waals surface area contributed by atoms with Crippen LogP contribution in [0.15, 0.2) is 30.3 Å². The van der Waals surface area contributed by atoms with E-state index >= 15 is 0 Å². The molecule has 3 saturated carbocycles. The minimum Gasteiger partial charge on any atom is -0.468 e. The Kier molecular flexibility index (Phi) is 3.38. The molecule has 6 nitrogen and oxygen atoms in total. The zero-order valence-electron chi connectivity index (χ0n) is 13.4. The zero-order chi connectivity index (χ0) is 17.6. The summed E-state index contributed by atoms with van der Waals surface area (Å²) in [5.41, 5.74) is -3.96. The van der Waals surface area contributed by atoms with Crippen molar-refractivity contribution in [3.8, 4) is 12.1 Å². The van der Waals surface area contributed by atoms with Crippen LogP contribution in [0.25, 0.3) is 0 Å². The smallest absolute Gasteiger partial charge is 0.329 e. The number of hydrogen-bond donors (Lipinski definition) is 0. The molecule has 6 heteroatoms. The average Bonchev–Trinajstić information content (AvgIpc) is 3.02. The molecular formula is C18H16N2O4. The van der Waals surface area contributed by atoms with Crippen molar-refractivity contribution >= 4 is 11.9 Å². The summed E-state index contributed by atoms with van der Waals surface area (Å²) in [6.07, 6.45) is 0.782. The summed E-state index contributed by atoms with van der Waals surface area (Å²) in [5.74, 6) is -2.13. The highest BCUT2D eigenvalue weighted by Gasteiger charge is 2.87. The molecule has 122 valence electrons. The summed E-state index contributed by atoms with van der Waals surface area (Å²) >= 11 is 0. The van der Waals surface area contributed by atoms with E-state index in [-0.39, 0.29) is 0 Å². The molecule has 3 aliphatic rings. The number of fused-ring (bicyclic) bond motifs is 1. The van der Waals surface area contributed by atoms with Gasteiger partial charge in [-0.05, 0) is 24.3 Å². The van der Waals surface area contributed by atoms with Crippen molar-refractivity contribution in [3.05, 3.63) is 35.9 Å². The number of rotatable bonds is 3. The Bertz CT molecular complexity index is 785. The van der Waals surface area contributed by atoms with Crippen molar-refractivity contribution in [2.24, 2.45) is 16.7 Å². The monoisotopic (exact) mass is 324 g/mol.